The maximum Gasteiger partial charge on any atom is 0.322 e. The maximum absolute atomic E-state index is 12.2. The Morgan fingerprint density at radius 3 is 1.93 bits per heavy atom. The SMILES string of the molecule is CNCCCCC(C(=O)O)S(=O)(=O)c1ccccc1.OCCN(CCO)CCO. The van der Waals surface area contributed by atoms with Gasteiger partial charge in [-0.3, -0.25) is 9.69 Å². The number of nitrogens with zero attached hydrogens (tertiary/aromatic N) is 1. The molecular weight excluding hydrogens is 400 g/mol. The highest BCUT2D eigenvalue weighted by atomic mass is 32.2. The molecule has 29 heavy (non-hydrogen) atoms. The van der Waals surface area contributed by atoms with E-state index in [2.05, 4.69) is 5.32 Å². The van der Waals surface area contributed by atoms with Gasteiger partial charge in [0.25, 0.3) is 0 Å². The van der Waals surface area contributed by atoms with E-state index in [1.54, 1.807) is 30.1 Å². The van der Waals surface area contributed by atoms with E-state index in [1.165, 1.54) is 12.1 Å². The molecule has 1 aromatic rings. The first-order chi connectivity index (χ1) is 13.8. The predicted molar refractivity (Wildman–Crippen MR) is 111 cm³/mol. The van der Waals surface area contributed by atoms with Gasteiger partial charge in [-0.15, -0.1) is 0 Å². The molecule has 0 bridgehead atoms. The van der Waals surface area contributed by atoms with Crippen molar-refractivity contribution in [1.29, 1.82) is 0 Å². The van der Waals surface area contributed by atoms with Crippen molar-refractivity contribution in [3.8, 4) is 0 Å². The van der Waals surface area contributed by atoms with Crippen molar-refractivity contribution in [3.05, 3.63) is 30.3 Å². The molecule has 0 saturated heterocycles. The molecule has 10 heteroatoms. The number of carboxylic acid groups (broad SMARTS) is 1. The van der Waals surface area contributed by atoms with Gasteiger partial charge in [-0.25, -0.2) is 8.42 Å². The molecule has 0 aromatic heterocycles. The molecule has 1 aromatic carbocycles. The number of sulfone groups is 1. The molecule has 0 radical (unpaired) electrons. The summed E-state index contributed by atoms with van der Waals surface area (Å²) in [5.74, 6) is -1.28. The third-order valence-corrected chi connectivity index (χ3v) is 6.23. The lowest BCUT2D eigenvalue weighted by atomic mass is 10.2. The summed E-state index contributed by atoms with van der Waals surface area (Å²) in [5.41, 5.74) is 0. The molecule has 1 rings (SSSR count). The number of unbranched alkanes of at least 4 members (excludes halogenated alkanes) is 1. The Hall–Kier alpha value is -1.56. The summed E-state index contributed by atoms with van der Waals surface area (Å²) in [4.78, 5) is 13.0. The predicted octanol–water partition coefficient (Wildman–Crippen LogP) is -0.431. The Kier molecular flexibility index (Phi) is 15.4. The van der Waals surface area contributed by atoms with E-state index in [1.807, 2.05) is 0 Å². The van der Waals surface area contributed by atoms with Gasteiger partial charge in [0.2, 0.25) is 0 Å². The fraction of sp³-hybridized carbons (Fsp3) is 0.632. The number of benzene rings is 1. The van der Waals surface area contributed by atoms with Crippen LogP contribution in [-0.4, -0.2) is 98.0 Å². The van der Waals surface area contributed by atoms with Crippen molar-refractivity contribution >= 4 is 15.8 Å². The van der Waals surface area contributed by atoms with Crippen LogP contribution in [0.3, 0.4) is 0 Å². The highest BCUT2D eigenvalue weighted by molar-refractivity contribution is 7.92. The van der Waals surface area contributed by atoms with Crippen LogP contribution >= 0.6 is 0 Å². The monoisotopic (exact) mass is 434 g/mol. The summed E-state index contributed by atoms with van der Waals surface area (Å²) in [7, 11) is -2.01. The lowest BCUT2D eigenvalue weighted by molar-refractivity contribution is -0.136. The molecule has 168 valence electrons. The number of aliphatic hydroxyl groups excluding tert-OH is 3. The number of nitrogens with one attached hydrogen (secondary N) is 1. The molecule has 0 aliphatic carbocycles. The highest BCUT2D eigenvalue weighted by Crippen LogP contribution is 2.20. The average molecular weight is 435 g/mol. The summed E-state index contributed by atoms with van der Waals surface area (Å²) in [6, 6.07) is 7.74. The minimum Gasteiger partial charge on any atom is -0.480 e. The molecular formula is C19H34N2O7S. The first kappa shape index (κ1) is 27.4. The molecule has 0 aliphatic rings. The minimum atomic E-state index is -3.81. The van der Waals surface area contributed by atoms with Crippen LogP contribution in [0.5, 0.6) is 0 Å². The summed E-state index contributed by atoms with van der Waals surface area (Å²) in [6.07, 6.45) is 1.45. The molecule has 0 aliphatic heterocycles. The van der Waals surface area contributed by atoms with E-state index in [9.17, 15) is 13.2 Å². The van der Waals surface area contributed by atoms with Crippen LogP contribution in [-0.2, 0) is 14.6 Å². The van der Waals surface area contributed by atoms with Gasteiger partial charge in [-0.1, -0.05) is 24.6 Å². The van der Waals surface area contributed by atoms with E-state index in [0.29, 0.717) is 26.1 Å². The van der Waals surface area contributed by atoms with Crippen LogP contribution in [0.15, 0.2) is 35.2 Å². The summed E-state index contributed by atoms with van der Waals surface area (Å²) in [5, 5.41) is 36.2. The molecule has 9 nitrogen and oxygen atoms in total. The minimum absolute atomic E-state index is 0.0658. The van der Waals surface area contributed by atoms with E-state index < -0.39 is 21.1 Å². The van der Waals surface area contributed by atoms with Gasteiger partial charge in [0.05, 0.1) is 24.7 Å². The lowest BCUT2D eigenvalue weighted by Crippen LogP contribution is -2.32. The Bertz CT molecular complexity index is 627. The second-order valence-electron chi connectivity index (χ2n) is 6.30. The molecule has 0 spiro atoms. The van der Waals surface area contributed by atoms with E-state index >= 15 is 0 Å². The summed E-state index contributed by atoms with van der Waals surface area (Å²) < 4.78 is 24.5. The first-order valence-corrected chi connectivity index (χ1v) is 11.1. The number of carbonyl (C=O) groups is 1. The molecule has 1 atom stereocenters. The maximum atomic E-state index is 12.2. The topological polar surface area (TPSA) is 147 Å². The van der Waals surface area contributed by atoms with Crippen LogP contribution in [0.4, 0.5) is 0 Å². The Morgan fingerprint density at radius 2 is 1.52 bits per heavy atom. The fourth-order valence-electron chi connectivity index (χ4n) is 2.58. The van der Waals surface area contributed by atoms with Crippen LogP contribution in [0.2, 0.25) is 0 Å². The fourth-order valence-corrected chi connectivity index (χ4v) is 4.18. The second kappa shape index (κ2) is 16.3. The molecule has 5 N–H and O–H groups in total. The largest absolute Gasteiger partial charge is 0.480 e. The molecule has 1 unspecified atom stereocenters. The van der Waals surface area contributed by atoms with Gasteiger partial charge in [0.15, 0.2) is 15.1 Å². The normalized spacial score (nSPS) is 12.3. The zero-order valence-electron chi connectivity index (χ0n) is 16.9. The number of rotatable bonds is 14. The van der Waals surface area contributed by atoms with E-state index in [-0.39, 0.29) is 31.1 Å². The van der Waals surface area contributed by atoms with Crippen molar-refractivity contribution < 1.29 is 33.6 Å². The van der Waals surface area contributed by atoms with Crippen LogP contribution < -0.4 is 5.32 Å². The quantitative estimate of drug-likeness (QED) is 0.246. The molecule has 0 amide bonds. The van der Waals surface area contributed by atoms with Gasteiger partial charge in [-0.2, -0.15) is 0 Å². The van der Waals surface area contributed by atoms with Gasteiger partial charge >= 0.3 is 5.97 Å². The third kappa shape index (κ3) is 11.3. The zero-order valence-corrected chi connectivity index (χ0v) is 17.7. The number of hydrogen-bond acceptors (Lipinski definition) is 8. The molecule has 0 fully saturated rings. The first-order valence-electron chi connectivity index (χ1n) is 9.56. The van der Waals surface area contributed by atoms with Crippen molar-refractivity contribution in [2.45, 2.75) is 29.4 Å². The number of carboxylic acids is 1. The van der Waals surface area contributed by atoms with Gasteiger partial charge in [-0.05, 0) is 38.6 Å². The van der Waals surface area contributed by atoms with Crippen molar-refractivity contribution in [1.82, 2.24) is 10.2 Å². The van der Waals surface area contributed by atoms with Crippen molar-refractivity contribution in [2.24, 2.45) is 0 Å². The van der Waals surface area contributed by atoms with Gasteiger partial charge in [0.1, 0.15) is 0 Å². The lowest BCUT2D eigenvalue weighted by Gasteiger charge is -2.17. The van der Waals surface area contributed by atoms with Crippen molar-refractivity contribution in [2.75, 3.05) is 53.0 Å². The van der Waals surface area contributed by atoms with Crippen LogP contribution in [0.1, 0.15) is 19.3 Å². The molecule has 0 heterocycles. The second-order valence-corrected chi connectivity index (χ2v) is 8.43. The standard InChI is InChI=1S/C13H19NO4S.C6H15NO3/c1-14-10-6-5-9-12(13(15)16)19(17,18)11-7-3-2-4-8-11;8-4-1-7(2-5-9)3-6-10/h2-4,7-8,12,14H,5-6,9-10H2,1H3,(H,15,16);8-10H,1-6H2. The number of hydrogen-bond donors (Lipinski definition) is 5. The zero-order chi connectivity index (χ0) is 22.1. The number of aliphatic carboxylic acids is 1. The van der Waals surface area contributed by atoms with E-state index in [0.717, 1.165) is 13.0 Å². The summed E-state index contributed by atoms with van der Waals surface area (Å²) in [6.45, 7) is 2.50. The van der Waals surface area contributed by atoms with Crippen molar-refractivity contribution in [3.63, 3.8) is 0 Å². The smallest absolute Gasteiger partial charge is 0.322 e. The van der Waals surface area contributed by atoms with Gasteiger partial charge in [0, 0.05) is 19.6 Å². The van der Waals surface area contributed by atoms with Crippen LogP contribution in [0, 0.1) is 0 Å². The Morgan fingerprint density at radius 1 is 1.00 bits per heavy atom. The summed E-state index contributed by atoms with van der Waals surface area (Å²) >= 11 is 0. The van der Waals surface area contributed by atoms with E-state index in [4.69, 9.17) is 20.4 Å². The average Bonchev–Trinajstić information content (AvgIpc) is 2.69. The highest BCUT2D eigenvalue weighted by Gasteiger charge is 2.33. The third-order valence-electron chi connectivity index (χ3n) is 4.11. The van der Waals surface area contributed by atoms with Gasteiger partial charge < -0.3 is 25.7 Å². The Labute approximate surface area is 172 Å². The Balaban J connectivity index is 0.000000665. The number of aliphatic hydroxyl groups is 3. The van der Waals surface area contributed by atoms with Crippen LogP contribution in [0.25, 0.3) is 0 Å². The molecule has 0 saturated carbocycles.